The average molecular weight is 587 g/mol. The zero-order valence-corrected chi connectivity index (χ0v) is 12.5. The molecule has 0 bridgehead atoms. The van der Waals surface area contributed by atoms with Crippen molar-refractivity contribution in [1.29, 1.82) is 0 Å². The van der Waals surface area contributed by atoms with Crippen LogP contribution in [0.3, 0.4) is 0 Å². The van der Waals surface area contributed by atoms with E-state index in [9.17, 15) is 70.7 Å². The first-order valence-electron chi connectivity index (χ1n) is 5.01. The van der Waals surface area contributed by atoms with Gasteiger partial charge in [0.05, 0.1) is 0 Å². The van der Waals surface area contributed by atoms with Gasteiger partial charge in [-0.3, -0.25) is 0 Å². The second-order valence-electron chi connectivity index (χ2n) is 4.25. The number of hydrogen-bond donors (Lipinski definition) is 1. The van der Waals surface area contributed by atoms with Gasteiger partial charge in [-0.25, -0.2) is 4.79 Å². The van der Waals surface area contributed by atoms with Gasteiger partial charge in [-0.05, 0) is 0 Å². The summed E-state index contributed by atoms with van der Waals surface area (Å²) < 4.78 is 187. The van der Waals surface area contributed by atoms with Gasteiger partial charge in [0.25, 0.3) is 0 Å². The second-order valence-corrected chi connectivity index (χ2v) is 4.25. The molecule has 0 saturated carbocycles. The Morgan fingerprint density at radius 1 is 0.500 bits per heavy atom. The van der Waals surface area contributed by atoms with E-state index in [2.05, 4.69) is 0 Å². The van der Waals surface area contributed by atoms with Crippen LogP contribution in [0.5, 0.6) is 0 Å². The van der Waals surface area contributed by atoms with Crippen molar-refractivity contribution >= 4 is 5.97 Å². The van der Waals surface area contributed by atoms with Crippen LogP contribution >= 0.6 is 0 Å². The van der Waals surface area contributed by atoms with Crippen molar-refractivity contribution in [3.05, 3.63) is 0 Å². The van der Waals surface area contributed by atoms with Crippen LogP contribution in [0.1, 0.15) is 0 Å². The van der Waals surface area contributed by atoms with Gasteiger partial charge < -0.3 is 5.11 Å². The molecule has 0 aliphatic heterocycles. The van der Waals surface area contributed by atoms with Crippen LogP contribution in [0.2, 0.25) is 0 Å². The summed E-state index contributed by atoms with van der Waals surface area (Å²) in [6.07, 6.45) is -7.69. The Labute approximate surface area is 169 Å². The van der Waals surface area contributed by atoms with E-state index in [0.29, 0.717) is 0 Å². The zero-order valence-electron chi connectivity index (χ0n) is 10.8. The quantitative estimate of drug-likeness (QED) is 0.467. The van der Waals surface area contributed by atoms with Gasteiger partial charge in [0.15, 0.2) is 0 Å². The monoisotopic (exact) mass is 588 g/mol. The Hall–Kier alpha value is -0.0605. The maximum Gasteiger partial charge on any atom is 0.460 e. The summed E-state index contributed by atoms with van der Waals surface area (Å²) >= 11 is 0. The fourth-order valence-corrected chi connectivity index (χ4v) is 1.10. The normalized spacial score (nSPS) is 15.5. The van der Waals surface area contributed by atoms with Crippen molar-refractivity contribution in [2.75, 3.05) is 0 Å². The maximum atomic E-state index is 12.8. The van der Waals surface area contributed by atoms with E-state index >= 15 is 0 Å². The molecule has 0 aromatic carbocycles. The third kappa shape index (κ3) is 3.51. The molecule has 0 saturated heterocycles. The summed E-state index contributed by atoms with van der Waals surface area (Å²) in [7, 11) is 0. The van der Waals surface area contributed by atoms with E-state index < -0.39 is 47.7 Å². The molecule has 26 heavy (non-hydrogen) atoms. The van der Waals surface area contributed by atoms with Crippen LogP contribution in [0.25, 0.3) is 0 Å². The van der Waals surface area contributed by atoms with Crippen LogP contribution in [-0.2, 0) is 4.79 Å². The third-order valence-electron chi connectivity index (χ3n) is 2.60. The summed E-state index contributed by atoms with van der Waals surface area (Å²) in [5.74, 6) is -52.8. The molecule has 18 heteroatoms. The van der Waals surface area contributed by atoms with E-state index in [1.54, 1.807) is 0 Å². The number of aliphatic carboxylic acids is 1. The van der Waals surface area contributed by atoms with Gasteiger partial charge in [0, 0.05) is 46.9 Å². The van der Waals surface area contributed by atoms with E-state index in [1.807, 2.05) is 0 Å². The molecule has 0 fully saturated rings. The molecule has 0 radical (unpaired) electrons. The molecule has 2 nitrogen and oxygen atoms in total. The molecule has 1 N–H and O–H groups in total. The molecule has 0 spiro atoms. The van der Waals surface area contributed by atoms with E-state index in [0.717, 1.165) is 0 Å². The van der Waals surface area contributed by atoms with Crippen LogP contribution in [-0.4, -0.2) is 52.8 Å². The third-order valence-corrected chi connectivity index (χ3v) is 2.60. The molecule has 0 atom stereocenters. The SMILES string of the molecule is O=C(O)C(F)(F)C(F)(F)C(F)(F)C(F)(F)C(F)(F)C(F)(F)C(F)(F)F.[Yb]. The van der Waals surface area contributed by atoms with Crippen LogP contribution in [0.4, 0.5) is 65.9 Å². The smallest absolute Gasteiger partial charge is 0.460 e. The van der Waals surface area contributed by atoms with Crippen LogP contribution in [0, 0.1) is 46.9 Å². The van der Waals surface area contributed by atoms with Crippen molar-refractivity contribution in [3.63, 3.8) is 0 Å². The van der Waals surface area contributed by atoms with Crippen molar-refractivity contribution in [3.8, 4) is 0 Å². The Morgan fingerprint density at radius 2 is 0.731 bits per heavy atom. The summed E-state index contributed by atoms with van der Waals surface area (Å²) in [5.41, 5.74) is 0. The Balaban J connectivity index is 0. The first-order valence-corrected chi connectivity index (χ1v) is 5.01. The number of alkyl halides is 15. The number of carbonyl (C=O) groups is 1. The molecule has 0 aliphatic rings. The minimum Gasteiger partial charge on any atom is -0.477 e. The molecule has 0 aromatic rings. The average Bonchev–Trinajstić information content (AvgIpc) is 2.35. The van der Waals surface area contributed by atoms with Crippen molar-refractivity contribution in [2.24, 2.45) is 0 Å². The number of carboxylic acids is 1. The van der Waals surface area contributed by atoms with Crippen molar-refractivity contribution in [2.45, 2.75) is 41.7 Å². The fraction of sp³-hybridized carbons (Fsp3) is 0.875. The summed E-state index contributed by atoms with van der Waals surface area (Å²) in [5, 5.41) is 7.57. The molecule has 0 aromatic heterocycles. The molecular formula is C8HF15O2Yb. The minimum absolute atomic E-state index is 0. The van der Waals surface area contributed by atoms with E-state index in [4.69, 9.17) is 5.11 Å². The standard InChI is InChI=1S/C8HF15O2.Yb/c9-2(10,1(24)25)3(11,12)4(13,14)5(15,16)6(17,18)7(19,20)8(21,22)23;/h(H,24,25);. The van der Waals surface area contributed by atoms with E-state index in [1.165, 1.54) is 0 Å². The molecule has 0 aliphatic carbocycles. The van der Waals surface area contributed by atoms with Gasteiger partial charge >= 0.3 is 47.7 Å². The van der Waals surface area contributed by atoms with Gasteiger partial charge in [-0.15, -0.1) is 0 Å². The van der Waals surface area contributed by atoms with Crippen molar-refractivity contribution in [1.82, 2.24) is 0 Å². The Bertz CT molecular complexity index is 536. The molecule has 0 unspecified atom stereocenters. The molecule has 0 heterocycles. The van der Waals surface area contributed by atoms with Gasteiger partial charge in [0.2, 0.25) is 0 Å². The summed E-state index contributed by atoms with van der Waals surface area (Å²) in [6, 6.07) is 0. The Kier molecular flexibility index (Phi) is 7.66. The fourth-order valence-electron chi connectivity index (χ4n) is 1.10. The maximum absolute atomic E-state index is 12.8. The number of rotatable bonds is 6. The molecule has 164 valence electrons. The zero-order chi connectivity index (χ0) is 21.1. The molecular weight excluding hydrogens is 586 g/mol. The largest absolute Gasteiger partial charge is 0.477 e. The molecule has 0 rings (SSSR count). The van der Waals surface area contributed by atoms with Gasteiger partial charge in [-0.1, -0.05) is 0 Å². The van der Waals surface area contributed by atoms with Crippen molar-refractivity contribution < 1.29 is 123 Å². The van der Waals surface area contributed by atoms with Crippen LogP contribution in [0.15, 0.2) is 0 Å². The van der Waals surface area contributed by atoms with Crippen LogP contribution < -0.4 is 0 Å². The predicted molar refractivity (Wildman–Crippen MR) is 43.4 cm³/mol. The topological polar surface area (TPSA) is 37.3 Å². The number of carboxylic acid groups (broad SMARTS) is 1. The van der Waals surface area contributed by atoms with Gasteiger partial charge in [-0.2, -0.15) is 65.9 Å². The summed E-state index contributed by atoms with van der Waals surface area (Å²) in [6.45, 7) is 0. The van der Waals surface area contributed by atoms with Gasteiger partial charge in [0.1, 0.15) is 0 Å². The minimum atomic E-state index is -8.47. The summed E-state index contributed by atoms with van der Waals surface area (Å²) in [4.78, 5) is 9.72. The second kappa shape index (κ2) is 7.08. The Morgan fingerprint density at radius 3 is 0.962 bits per heavy atom. The predicted octanol–water partition coefficient (Wildman–Crippen LogP) is 4.45. The first kappa shape index (κ1) is 28.2. The molecule has 0 amide bonds. The first-order chi connectivity index (χ1) is 10.4. The van der Waals surface area contributed by atoms with E-state index in [-0.39, 0.29) is 46.9 Å². The number of hydrogen-bond acceptors (Lipinski definition) is 1. The number of halogens is 15.